The van der Waals surface area contributed by atoms with Crippen LogP contribution in [0.2, 0.25) is 0 Å². The summed E-state index contributed by atoms with van der Waals surface area (Å²) in [6.45, 7) is 6.28. The molecule has 0 bridgehead atoms. The summed E-state index contributed by atoms with van der Waals surface area (Å²) in [6, 6.07) is 20.0. The normalized spacial score (nSPS) is 20.4. The molecule has 0 saturated carbocycles. The van der Waals surface area contributed by atoms with E-state index >= 15 is 0 Å². The molecule has 2 unspecified atom stereocenters. The number of nitrogens with one attached hydrogen (secondary N) is 2. The van der Waals surface area contributed by atoms with Crippen molar-refractivity contribution in [1.29, 1.82) is 0 Å². The first-order valence-electron chi connectivity index (χ1n) is 12.5. The number of benzene rings is 2. The van der Waals surface area contributed by atoms with Gasteiger partial charge in [0.1, 0.15) is 5.82 Å². The van der Waals surface area contributed by atoms with Crippen LogP contribution in [0.15, 0.2) is 77.9 Å². The monoisotopic (exact) mass is 479 g/mol. The molecule has 0 radical (unpaired) electrons. The lowest BCUT2D eigenvalue weighted by molar-refractivity contribution is 0.0853. The summed E-state index contributed by atoms with van der Waals surface area (Å²) in [5.74, 6) is 0.655. The summed E-state index contributed by atoms with van der Waals surface area (Å²) in [5, 5.41) is 7.02. The molecule has 2 aromatic heterocycles. The Morgan fingerprint density at radius 3 is 2.67 bits per heavy atom. The number of carbonyl (C=O) groups is 1. The lowest BCUT2D eigenvalue weighted by atomic mass is 9.70. The fraction of sp³-hybridized carbons (Fsp3) is 0.276. The number of anilines is 1. The Balaban J connectivity index is 1.24. The van der Waals surface area contributed by atoms with Crippen LogP contribution in [0.3, 0.4) is 0 Å². The molecule has 182 valence electrons. The maximum atomic E-state index is 13.3. The van der Waals surface area contributed by atoms with Gasteiger partial charge in [0.15, 0.2) is 5.43 Å². The van der Waals surface area contributed by atoms with Gasteiger partial charge in [0.25, 0.3) is 5.91 Å². The van der Waals surface area contributed by atoms with Crippen LogP contribution < -0.4 is 21.0 Å². The predicted molar refractivity (Wildman–Crippen MR) is 142 cm³/mol. The number of rotatable bonds is 6. The van der Waals surface area contributed by atoms with Gasteiger partial charge in [0, 0.05) is 54.7 Å². The summed E-state index contributed by atoms with van der Waals surface area (Å²) in [4.78, 5) is 33.1. The Bertz CT molecular complexity index is 1510. The van der Waals surface area contributed by atoms with Crippen molar-refractivity contribution >= 4 is 22.6 Å². The first-order chi connectivity index (χ1) is 17.5. The quantitative estimate of drug-likeness (QED) is 0.442. The first-order valence-corrected chi connectivity index (χ1v) is 12.5. The summed E-state index contributed by atoms with van der Waals surface area (Å²) >= 11 is 0. The average Bonchev–Trinajstić information content (AvgIpc) is 2.90. The number of carbonyl (C=O) groups excluding carboxylic acids is 1. The molecule has 6 rings (SSSR count). The van der Waals surface area contributed by atoms with Crippen molar-refractivity contribution in [3.63, 3.8) is 0 Å². The van der Waals surface area contributed by atoms with Gasteiger partial charge in [-0.2, -0.15) is 0 Å². The molecule has 2 fully saturated rings. The van der Waals surface area contributed by atoms with E-state index < -0.39 is 0 Å². The van der Waals surface area contributed by atoms with Gasteiger partial charge in [-0.25, -0.2) is 4.98 Å². The summed E-state index contributed by atoms with van der Waals surface area (Å²) in [6.07, 6.45) is 4.53. The Kier molecular flexibility index (Phi) is 5.38. The van der Waals surface area contributed by atoms with E-state index in [-0.39, 0.29) is 23.4 Å². The summed E-state index contributed by atoms with van der Waals surface area (Å²) in [7, 11) is 0. The van der Waals surface area contributed by atoms with E-state index in [0.29, 0.717) is 22.6 Å². The minimum absolute atomic E-state index is 0.0720. The number of para-hydroxylation sites is 1. The lowest BCUT2D eigenvalue weighted by Gasteiger charge is -2.66. The molecule has 4 aromatic rings. The van der Waals surface area contributed by atoms with Crippen molar-refractivity contribution < 1.29 is 4.79 Å². The third kappa shape index (κ3) is 3.50. The molecule has 2 aromatic carbocycles. The molecule has 2 aliphatic rings. The van der Waals surface area contributed by atoms with Crippen LogP contribution in [0.4, 0.5) is 5.82 Å². The van der Waals surface area contributed by atoms with E-state index in [1.807, 2.05) is 78.4 Å². The zero-order chi connectivity index (χ0) is 24.9. The molecular weight excluding hydrogens is 450 g/mol. The molecule has 2 atom stereocenters. The SMILES string of the molecule is CCC12CNC1CN2c1ccc(C(=O)NCc2cn(-c3ccccc3)c3cc(C)ccc3c2=O)cn1. The molecule has 4 heterocycles. The number of hydrogen-bond donors (Lipinski definition) is 2. The minimum atomic E-state index is -0.249. The van der Waals surface area contributed by atoms with Crippen molar-refractivity contribution in [2.75, 3.05) is 18.0 Å². The van der Waals surface area contributed by atoms with Crippen molar-refractivity contribution in [3.05, 3.63) is 100.0 Å². The Morgan fingerprint density at radius 1 is 1.17 bits per heavy atom. The van der Waals surface area contributed by atoms with Crippen LogP contribution in [0.1, 0.15) is 34.8 Å². The molecule has 2 saturated heterocycles. The van der Waals surface area contributed by atoms with Gasteiger partial charge in [0.05, 0.1) is 16.6 Å². The van der Waals surface area contributed by atoms with Gasteiger partial charge in [-0.05, 0) is 55.3 Å². The summed E-state index contributed by atoms with van der Waals surface area (Å²) < 4.78 is 2.01. The van der Waals surface area contributed by atoms with E-state index in [2.05, 4.69) is 27.4 Å². The van der Waals surface area contributed by atoms with Crippen molar-refractivity contribution in [1.82, 2.24) is 20.2 Å². The van der Waals surface area contributed by atoms with Gasteiger partial charge < -0.3 is 20.1 Å². The largest absolute Gasteiger partial charge is 0.348 e. The number of piperazine rings is 1. The number of aromatic nitrogens is 2. The average molecular weight is 480 g/mol. The maximum Gasteiger partial charge on any atom is 0.253 e. The topological polar surface area (TPSA) is 79.3 Å². The molecule has 7 heteroatoms. The second kappa shape index (κ2) is 8.60. The number of amides is 1. The minimum Gasteiger partial charge on any atom is -0.348 e. The smallest absolute Gasteiger partial charge is 0.253 e. The van der Waals surface area contributed by atoms with Crippen LogP contribution in [-0.4, -0.2) is 40.1 Å². The Morgan fingerprint density at radius 2 is 2.00 bits per heavy atom. The van der Waals surface area contributed by atoms with Gasteiger partial charge in [-0.3, -0.25) is 9.59 Å². The van der Waals surface area contributed by atoms with Crippen molar-refractivity contribution in [2.24, 2.45) is 0 Å². The van der Waals surface area contributed by atoms with Crippen LogP contribution in [0, 0.1) is 6.92 Å². The second-order valence-corrected chi connectivity index (χ2v) is 9.80. The van der Waals surface area contributed by atoms with Crippen LogP contribution >= 0.6 is 0 Å². The fourth-order valence-corrected chi connectivity index (χ4v) is 5.51. The number of fused-ring (bicyclic) bond motifs is 2. The molecule has 2 N–H and O–H groups in total. The zero-order valence-electron chi connectivity index (χ0n) is 20.5. The standard InChI is InChI=1S/C29H29N5O2/c1-3-29-18-32-25(29)17-34(29)26-12-10-20(14-30-26)28(36)31-15-21-16-33(22-7-5-4-6-8-22)24-13-19(2)9-11-23(24)27(21)35/h4-14,16,25,32H,3,15,17-18H2,1-2H3,(H,31,36). The molecule has 36 heavy (non-hydrogen) atoms. The van der Waals surface area contributed by atoms with E-state index in [1.165, 1.54) is 0 Å². The second-order valence-electron chi connectivity index (χ2n) is 9.80. The van der Waals surface area contributed by atoms with Gasteiger partial charge >= 0.3 is 0 Å². The van der Waals surface area contributed by atoms with Crippen LogP contribution in [0.5, 0.6) is 0 Å². The molecule has 0 spiro atoms. The lowest BCUT2D eigenvalue weighted by Crippen LogP contribution is -2.87. The fourth-order valence-electron chi connectivity index (χ4n) is 5.51. The van der Waals surface area contributed by atoms with E-state index in [4.69, 9.17) is 0 Å². The first kappa shape index (κ1) is 22.5. The van der Waals surface area contributed by atoms with Gasteiger partial charge in [-0.15, -0.1) is 0 Å². The van der Waals surface area contributed by atoms with E-state index in [0.717, 1.165) is 42.1 Å². The van der Waals surface area contributed by atoms with Crippen molar-refractivity contribution in [2.45, 2.75) is 38.4 Å². The van der Waals surface area contributed by atoms with E-state index in [9.17, 15) is 9.59 Å². The Labute approximate surface area is 209 Å². The third-order valence-corrected chi connectivity index (χ3v) is 7.81. The highest BCUT2D eigenvalue weighted by Gasteiger charge is 2.58. The molecule has 7 nitrogen and oxygen atoms in total. The van der Waals surface area contributed by atoms with Gasteiger partial charge in [0.2, 0.25) is 0 Å². The number of hydrogen-bond acceptors (Lipinski definition) is 5. The van der Waals surface area contributed by atoms with Crippen molar-refractivity contribution in [3.8, 4) is 5.69 Å². The highest BCUT2D eigenvalue weighted by atomic mass is 16.1. The molecule has 2 aliphatic heterocycles. The van der Waals surface area contributed by atoms with Gasteiger partial charge in [-0.1, -0.05) is 31.2 Å². The highest BCUT2D eigenvalue weighted by Crippen LogP contribution is 2.42. The van der Waals surface area contributed by atoms with Crippen LogP contribution in [-0.2, 0) is 6.54 Å². The van der Waals surface area contributed by atoms with Crippen LogP contribution in [0.25, 0.3) is 16.6 Å². The number of aryl methyl sites for hydroxylation is 1. The molecule has 0 aliphatic carbocycles. The third-order valence-electron chi connectivity index (χ3n) is 7.81. The predicted octanol–water partition coefficient (Wildman–Crippen LogP) is 3.56. The van der Waals surface area contributed by atoms with E-state index in [1.54, 1.807) is 6.20 Å². The Hall–Kier alpha value is -3.97. The number of pyridine rings is 2. The molecular formula is C29H29N5O2. The molecule has 1 amide bonds. The highest BCUT2D eigenvalue weighted by molar-refractivity contribution is 5.94. The zero-order valence-corrected chi connectivity index (χ0v) is 20.5. The maximum absolute atomic E-state index is 13.3. The number of nitrogens with zero attached hydrogens (tertiary/aromatic N) is 3. The summed E-state index contributed by atoms with van der Waals surface area (Å²) in [5.41, 5.74) is 3.99.